The number of benzene rings is 1. The molecule has 1 saturated carbocycles. The highest BCUT2D eigenvalue weighted by molar-refractivity contribution is 5.98. The summed E-state index contributed by atoms with van der Waals surface area (Å²) in [4.78, 5) is 29.6. The second-order valence-electron chi connectivity index (χ2n) is 10.6. The molecule has 1 amide bonds. The number of pyridine rings is 1. The van der Waals surface area contributed by atoms with Crippen molar-refractivity contribution in [3.8, 4) is 22.8 Å². The Hall–Kier alpha value is -4.31. The van der Waals surface area contributed by atoms with Gasteiger partial charge in [0.2, 0.25) is 5.91 Å². The van der Waals surface area contributed by atoms with E-state index in [9.17, 15) is 4.79 Å². The first-order valence-electron chi connectivity index (χ1n) is 13.2. The van der Waals surface area contributed by atoms with Crippen LogP contribution in [0.2, 0.25) is 0 Å². The van der Waals surface area contributed by atoms with E-state index < -0.39 is 0 Å². The number of nitrogens with two attached hydrogens (primary N) is 1. The molecule has 2 fully saturated rings. The van der Waals surface area contributed by atoms with Crippen molar-refractivity contribution in [3.05, 3.63) is 67.3 Å². The summed E-state index contributed by atoms with van der Waals surface area (Å²) < 4.78 is 7.93. The van der Waals surface area contributed by atoms with Crippen LogP contribution in [-0.2, 0) is 4.79 Å². The van der Waals surface area contributed by atoms with E-state index >= 15 is 0 Å². The number of carbonyl (C=O) groups is 1. The molecule has 2 atom stereocenters. The van der Waals surface area contributed by atoms with Crippen molar-refractivity contribution in [2.24, 2.45) is 11.8 Å². The minimum absolute atomic E-state index is 0.103. The molecule has 4 aromatic rings. The van der Waals surface area contributed by atoms with Crippen molar-refractivity contribution < 1.29 is 9.53 Å². The maximum absolute atomic E-state index is 12.7. The highest BCUT2D eigenvalue weighted by Gasteiger charge is 2.43. The molecule has 2 aliphatic rings. The number of amides is 1. The molecule has 0 radical (unpaired) electrons. The molecule has 0 spiro atoms. The number of hydrogen-bond acceptors (Lipinski definition) is 8. The number of fused-ring (bicyclic) bond motifs is 2. The van der Waals surface area contributed by atoms with E-state index in [1.165, 1.54) is 6.33 Å². The van der Waals surface area contributed by atoms with Gasteiger partial charge in [-0.1, -0.05) is 6.08 Å². The Morgan fingerprint density at radius 1 is 1.10 bits per heavy atom. The Kier molecular flexibility index (Phi) is 6.70. The van der Waals surface area contributed by atoms with Crippen LogP contribution in [0.3, 0.4) is 0 Å². The molecule has 200 valence electrons. The molecule has 10 heteroatoms. The Morgan fingerprint density at radius 3 is 2.56 bits per heavy atom. The number of nitrogen functional groups attached to an aromatic ring is 1. The van der Waals surface area contributed by atoms with Crippen molar-refractivity contribution in [3.63, 3.8) is 0 Å². The van der Waals surface area contributed by atoms with Gasteiger partial charge < -0.3 is 20.3 Å². The first kappa shape index (κ1) is 25.0. The molecule has 3 aromatic heterocycles. The van der Waals surface area contributed by atoms with Crippen LogP contribution in [0, 0.1) is 11.8 Å². The summed E-state index contributed by atoms with van der Waals surface area (Å²) in [6.45, 7) is 2.33. The van der Waals surface area contributed by atoms with Gasteiger partial charge in [0.15, 0.2) is 5.65 Å². The van der Waals surface area contributed by atoms with Crippen LogP contribution in [0.15, 0.2) is 67.3 Å². The lowest BCUT2D eigenvalue weighted by Crippen LogP contribution is -2.28. The summed E-state index contributed by atoms with van der Waals surface area (Å²) in [6, 6.07) is 11.7. The molecular weight excluding hydrogens is 492 g/mol. The number of likely N-dealkylation sites (tertiary alicyclic amines) is 1. The van der Waals surface area contributed by atoms with Gasteiger partial charge in [0.1, 0.15) is 29.3 Å². The lowest BCUT2D eigenvalue weighted by Gasteiger charge is -2.18. The molecular formula is C29H32N8O2. The molecule has 10 nitrogen and oxygen atoms in total. The van der Waals surface area contributed by atoms with Crippen LogP contribution >= 0.6 is 0 Å². The number of aromatic nitrogens is 5. The van der Waals surface area contributed by atoms with Crippen molar-refractivity contribution >= 4 is 22.8 Å². The number of likely N-dealkylation sites (N-methyl/N-ethyl adjacent to an activating group) is 1. The first-order valence-corrected chi connectivity index (χ1v) is 13.2. The smallest absolute Gasteiger partial charge is 0.246 e. The highest BCUT2D eigenvalue weighted by Crippen LogP contribution is 2.45. The average Bonchev–Trinajstić information content (AvgIpc) is 3.62. The summed E-state index contributed by atoms with van der Waals surface area (Å²) in [7, 11) is 3.98. The van der Waals surface area contributed by atoms with E-state index in [-0.39, 0.29) is 11.9 Å². The molecule has 1 aliphatic carbocycles. The topological polar surface area (TPSA) is 115 Å². The third-order valence-corrected chi connectivity index (χ3v) is 7.63. The van der Waals surface area contributed by atoms with Crippen molar-refractivity contribution in [1.29, 1.82) is 0 Å². The molecule has 2 N–H and O–H groups in total. The molecule has 0 bridgehead atoms. The summed E-state index contributed by atoms with van der Waals surface area (Å²) in [5.74, 6) is 2.80. The Balaban J connectivity index is 1.21. The van der Waals surface area contributed by atoms with E-state index in [4.69, 9.17) is 15.6 Å². The summed E-state index contributed by atoms with van der Waals surface area (Å²) in [5, 5.41) is 5.80. The number of carbonyl (C=O) groups excluding carboxylic acids is 1. The Bertz CT molecular complexity index is 1490. The zero-order valence-corrected chi connectivity index (χ0v) is 22.1. The van der Waals surface area contributed by atoms with Crippen LogP contribution in [0.25, 0.3) is 22.3 Å². The predicted octanol–water partition coefficient (Wildman–Crippen LogP) is 3.79. The third-order valence-electron chi connectivity index (χ3n) is 7.63. The van der Waals surface area contributed by atoms with Crippen LogP contribution in [-0.4, -0.2) is 74.2 Å². The van der Waals surface area contributed by atoms with Crippen LogP contribution in [0.1, 0.15) is 18.9 Å². The van der Waals surface area contributed by atoms with E-state index in [0.29, 0.717) is 29.2 Å². The first-order chi connectivity index (χ1) is 19.0. The van der Waals surface area contributed by atoms with E-state index in [1.54, 1.807) is 18.5 Å². The minimum Gasteiger partial charge on any atom is -0.456 e. The summed E-state index contributed by atoms with van der Waals surface area (Å²) in [5.41, 5.74) is 8.77. The van der Waals surface area contributed by atoms with Gasteiger partial charge in [-0.25, -0.2) is 14.6 Å². The fraction of sp³-hybridized carbons (Fsp3) is 0.345. The second kappa shape index (κ2) is 10.5. The fourth-order valence-corrected chi connectivity index (χ4v) is 5.79. The SMILES string of the molecule is CN(C)CC=CC(=O)N1CC2CC(n3nc(-c4ccc(Oc5cccnc5)cc4)c4c(N)ncnc43)CC2C1. The Morgan fingerprint density at radius 2 is 1.87 bits per heavy atom. The van der Waals surface area contributed by atoms with Gasteiger partial charge in [-0.2, -0.15) is 5.10 Å². The largest absolute Gasteiger partial charge is 0.456 e. The third kappa shape index (κ3) is 5.07. The van der Waals surface area contributed by atoms with Gasteiger partial charge >= 0.3 is 0 Å². The van der Waals surface area contributed by atoms with E-state index in [0.717, 1.165) is 54.8 Å². The summed E-state index contributed by atoms with van der Waals surface area (Å²) in [6.07, 6.45) is 10.4. The molecule has 2 unspecified atom stereocenters. The number of hydrogen-bond donors (Lipinski definition) is 1. The number of nitrogens with zero attached hydrogens (tertiary/aromatic N) is 7. The monoisotopic (exact) mass is 524 g/mol. The van der Waals surface area contributed by atoms with Crippen LogP contribution in [0.5, 0.6) is 11.5 Å². The van der Waals surface area contributed by atoms with Gasteiger partial charge in [-0.15, -0.1) is 0 Å². The maximum Gasteiger partial charge on any atom is 0.246 e. The van der Waals surface area contributed by atoms with Crippen molar-refractivity contribution in [1.82, 2.24) is 34.5 Å². The average molecular weight is 525 g/mol. The number of rotatable bonds is 7. The van der Waals surface area contributed by atoms with Gasteiger partial charge in [0.05, 0.1) is 17.6 Å². The Labute approximate surface area is 227 Å². The number of anilines is 1. The molecule has 1 saturated heterocycles. The lowest BCUT2D eigenvalue weighted by atomic mass is 10.0. The van der Waals surface area contributed by atoms with Gasteiger partial charge in [-0.3, -0.25) is 9.78 Å². The van der Waals surface area contributed by atoms with Gasteiger partial charge in [0.25, 0.3) is 0 Å². The molecule has 4 heterocycles. The van der Waals surface area contributed by atoms with Gasteiger partial charge in [0, 0.05) is 37.5 Å². The van der Waals surface area contributed by atoms with Crippen LogP contribution < -0.4 is 10.5 Å². The van der Waals surface area contributed by atoms with Crippen LogP contribution in [0.4, 0.5) is 5.82 Å². The van der Waals surface area contributed by atoms with E-state index in [1.807, 2.05) is 71.1 Å². The quantitative estimate of drug-likeness (QED) is 0.363. The maximum atomic E-state index is 12.7. The van der Waals surface area contributed by atoms with Crippen molar-refractivity contribution in [2.45, 2.75) is 18.9 Å². The lowest BCUT2D eigenvalue weighted by molar-refractivity contribution is -0.125. The van der Waals surface area contributed by atoms with Gasteiger partial charge in [-0.05, 0) is 75.2 Å². The zero-order valence-electron chi connectivity index (χ0n) is 22.1. The molecule has 1 aliphatic heterocycles. The summed E-state index contributed by atoms with van der Waals surface area (Å²) >= 11 is 0. The minimum atomic E-state index is 0.103. The van der Waals surface area contributed by atoms with Crippen molar-refractivity contribution in [2.75, 3.05) is 39.5 Å². The van der Waals surface area contributed by atoms with E-state index in [2.05, 4.69) is 15.0 Å². The second-order valence-corrected chi connectivity index (χ2v) is 10.6. The predicted molar refractivity (Wildman–Crippen MR) is 149 cm³/mol. The molecule has 6 rings (SSSR count). The zero-order chi connectivity index (χ0) is 26.9. The fourth-order valence-electron chi connectivity index (χ4n) is 5.79. The standard InChI is InChI=1S/C29H32N8O2/c1-35(2)12-4-6-25(38)36-16-20-13-22(14-21(20)17-36)37-29-26(28(30)32-18-33-29)27(34-37)19-7-9-23(10-8-19)39-24-5-3-11-31-15-24/h3-11,15,18,20-22H,12-14,16-17H2,1-2H3,(H2,30,32,33). The number of ether oxygens (including phenoxy) is 1. The molecule has 39 heavy (non-hydrogen) atoms. The highest BCUT2D eigenvalue weighted by atomic mass is 16.5. The normalized spacial score (nSPS) is 20.8. The molecule has 1 aromatic carbocycles.